The Kier molecular flexibility index (Phi) is 8.27. The second-order valence-electron chi connectivity index (χ2n) is 7.61. The lowest BCUT2D eigenvalue weighted by Gasteiger charge is -2.18. The molecule has 10 nitrogen and oxygen atoms in total. The van der Waals surface area contributed by atoms with Crippen molar-refractivity contribution in [3.05, 3.63) is 48.0 Å². The summed E-state index contributed by atoms with van der Waals surface area (Å²) < 4.78 is 20.4. The van der Waals surface area contributed by atoms with E-state index in [0.29, 0.717) is 28.9 Å². The molecule has 0 spiro atoms. The van der Waals surface area contributed by atoms with E-state index in [-0.39, 0.29) is 18.6 Å². The van der Waals surface area contributed by atoms with Gasteiger partial charge < -0.3 is 24.9 Å². The summed E-state index contributed by atoms with van der Waals surface area (Å²) in [5.74, 6) is 0.870. The van der Waals surface area contributed by atoms with Gasteiger partial charge in [0.25, 0.3) is 0 Å². The fourth-order valence-electron chi connectivity index (χ4n) is 3.46. The largest absolute Gasteiger partial charge is 0.450 e. The van der Waals surface area contributed by atoms with E-state index in [0.717, 1.165) is 29.7 Å². The Balaban J connectivity index is 1.55. The molecule has 0 bridgehead atoms. The average molecular weight is 514 g/mol. The highest BCUT2D eigenvalue weighted by Crippen LogP contribution is 2.32. The third-order valence-corrected chi connectivity index (χ3v) is 7.05. The summed E-state index contributed by atoms with van der Waals surface area (Å²) in [6, 6.07) is 10.1. The highest BCUT2D eigenvalue weighted by Gasteiger charge is 2.23. The molecule has 0 saturated carbocycles. The molecular formula is C23H25N6O4S2-. The van der Waals surface area contributed by atoms with Crippen molar-refractivity contribution in [3.63, 3.8) is 0 Å². The van der Waals surface area contributed by atoms with Crippen LogP contribution in [0.5, 0.6) is 0 Å². The van der Waals surface area contributed by atoms with Crippen LogP contribution >= 0.6 is 11.3 Å². The van der Waals surface area contributed by atoms with Crippen LogP contribution in [0.4, 0.5) is 22.2 Å². The van der Waals surface area contributed by atoms with Crippen molar-refractivity contribution in [1.29, 1.82) is 0 Å². The van der Waals surface area contributed by atoms with E-state index in [1.807, 2.05) is 17.5 Å². The van der Waals surface area contributed by atoms with Crippen LogP contribution in [0.15, 0.2) is 57.2 Å². The zero-order chi connectivity index (χ0) is 24.6. The Morgan fingerprint density at radius 1 is 1.29 bits per heavy atom. The number of rotatable bonds is 7. The molecule has 3 heterocycles. The molecular weight excluding hydrogens is 488 g/mol. The van der Waals surface area contributed by atoms with Gasteiger partial charge in [0, 0.05) is 23.3 Å². The van der Waals surface area contributed by atoms with E-state index in [4.69, 9.17) is 4.74 Å². The molecule has 1 atom stereocenters. The lowest BCUT2D eigenvalue weighted by atomic mass is 10.1. The van der Waals surface area contributed by atoms with E-state index in [9.17, 15) is 13.8 Å². The van der Waals surface area contributed by atoms with E-state index < -0.39 is 16.7 Å². The molecule has 0 aliphatic carbocycles. The number of benzene rings is 1. The Morgan fingerprint density at radius 3 is 2.86 bits per heavy atom. The number of carbonyl (C=O) groups excluding carboxylic acids is 2. The van der Waals surface area contributed by atoms with E-state index >= 15 is 0 Å². The molecule has 2 amide bonds. The molecule has 4 rings (SSSR count). The summed E-state index contributed by atoms with van der Waals surface area (Å²) in [4.78, 5) is 34.4. The molecule has 1 aliphatic heterocycles. The van der Waals surface area contributed by atoms with Crippen LogP contribution in [0.2, 0.25) is 0 Å². The Bertz CT molecular complexity index is 1260. The summed E-state index contributed by atoms with van der Waals surface area (Å²) in [5, 5.41) is 11.4. The number of amides is 2. The van der Waals surface area contributed by atoms with Crippen LogP contribution in [0.3, 0.4) is 0 Å². The van der Waals surface area contributed by atoms with Crippen LogP contribution in [0.25, 0.3) is 10.4 Å². The van der Waals surface area contributed by atoms with Crippen LogP contribution in [0, 0.1) is 0 Å². The van der Waals surface area contributed by atoms with Gasteiger partial charge >= 0.3 is 6.09 Å². The van der Waals surface area contributed by atoms with Gasteiger partial charge in [-0.05, 0) is 49.8 Å². The van der Waals surface area contributed by atoms with Crippen LogP contribution < -0.4 is 16.0 Å². The van der Waals surface area contributed by atoms with E-state index in [1.165, 1.54) is 0 Å². The quantitative estimate of drug-likeness (QED) is 0.387. The standard InChI is InChI=1S/C23H25N6O4S2/c1-2-33-23(31)29-35(32)16-10-8-15(9-11-16)26-22-25-14-17(19-7-5-13-34-19)20(28-22)27-18-6-3-4-12-24-21(18)30/h5,7-11,13-14,18H,2-4,6,12H2,1H3,(H,24,30)(H2,25,26,27,28)/q-1/t18-/m0/s1. The minimum Gasteiger partial charge on any atom is -0.450 e. The molecule has 0 unspecified atom stereocenters. The Morgan fingerprint density at radius 2 is 2.11 bits per heavy atom. The predicted octanol–water partition coefficient (Wildman–Crippen LogP) is 4.69. The lowest BCUT2D eigenvalue weighted by molar-refractivity contribution is -0.121. The number of ether oxygens (including phenoxy) is 1. The molecule has 184 valence electrons. The number of anilines is 3. The monoisotopic (exact) mass is 513 g/mol. The molecule has 3 aromatic rings. The summed E-state index contributed by atoms with van der Waals surface area (Å²) >= 11 is 1.57. The molecule has 1 saturated heterocycles. The fraction of sp³-hybridized carbons (Fsp3) is 0.304. The van der Waals surface area contributed by atoms with Crippen molar-refractivity contribution in [2.24, 2.45) is 4.36 Å². The van der Waals surface area contributed by atoms with Gasteiger partial charge in [0.1, 0.15) is 11.9 Å². The van der Waals surface area contributed by atoms with Crippen molar-refractivity contribution in [1.82, 2.24) is 15.3 Å². The van der Waals surface area contributed by atoms with Gasteiger partial charge in [0.15, 0.2) is 0 Å². The van der Waals surface area contributed by atoms with Crippen molar-refractivity contribution < 1.29 is 18.5 Å². The highest BCUT2D eigenvalue weighted by atomic mass is 32.2. The Labute approximate surface area is 208 Å². The SMILES string of the molecule is CCOC(=O)N=[S-](=O)c1ccc(Nc2ncc(-c3cccs3)c(N[C@H]3CCCCNC3=O)n2)cc1. The van der Waals surface area contributed by atoms with Crippen LogP contribution in [-0.4, -0.2) is 41.2 Å². The second-order valence-corrected chi connectivity index (χ2v) is 9.71. The zero-order valence-corrected chi connectivity index (χ0v) is 20.7. The fourth-order valence-corrected chi connectivity index (χ4v) is 4.86. The molecule has 12 heteroatoms. The zero-order valence-electron chi connectivity index (χ0n) is 19.0. The lowest BCUT2D eigenvalue weighted by Crippen LogP contribution is -2.38. The number of aromatic nitrogens is 2. The predicted molar refractivity (Wildman–Crippen MR) is 135 cm³/mol. The van der Waals surface area contributed by atoms with E-state index in [2.05, 4.69) is 30.3 Å². The van der Waals surface area contributed by atoms with Crippen molar-refractivity contribution >= 4 is 51.4 Å². The number of nitrogens with one attached hydrogen (secondary N) is 3. The third-order valence-electron chi connectivity index (χ3n) is 5.16. The minimum atomic E-state index is -1.86. The van der Waals surface area contributed by atoms with Gasteiger partial charge in [-0.25, -0.2) is 9.78 Å². The van der Waals surface area contributed by atoms with Crippen molar-refractivity contribution in [2.75, 3.05) is 23.8 Å². The van der Waals surface area contributed by atoms with Gasteiger partial charge in [-0.1, -0.05) is 23.1 Å². The number of hydrogen-bond donors (Lipinski definition) is 3. The first-order valence-corrected chi connectivity index (χ1v) is 13.1. The molecule has 2 aromatic heterocycles. The molecule has 0 radical (unpaired) electrons. The maximum atomic E-state index is 12.5. The van der Waals surface area contributed by atoms with E-state index in [1.54, 1.807) is 48.7 Å². The van der Waals surface area contributed by atoms with Gasteiger partial charge in [-0.15, -0.1) is 21.9 Å². The molecule has 35 heavy (non-hydrogen) atoms. The van der Waals surface area contributed by atoms with Gasteiger partial charge in [-0.2, -0.15) is 4.98 Å². The highest BCUT2D eigenvalue weighted by molar-refractivity contribution is 7.75. The summed E-state index contributed by atoms with van der Waals surface area (Å²) in [6.45, 7) is 2.49. The molecule has 1 aromatic carbocycles. The molecule has 3 N–H and O–H groups in total. The van der Waals surface area contributed by atoms with Gasteiger partial charge in [0.05, 0.1) is 12.2 Å². The number of carbonyl (C=O) groups is 2. The van der Waals surface area contributed by atoms with Gasteiger partial charge in [-0.3, -0.25) is 9.16 Å². The molecule has 1 fully saturated rings. The second kappa shape index (κ2) is 11.8. The number of thiophene rings is 1. The Hall–Kier alpha value is -3.51. The normalized spacial score (nSPS) is 16.7. The minimum absolute atomic E-state index is 0.0374. The van der Waals surface area contributed by atoms with Crippen LogP contribution in [0.1, 0.15) is 26.2 Å². The van der Waals surface area contributed by atoms with Gasteiger partial charge in [0.2, 0.25) is 11.9 Å². The smallest absolute Gasteiger partial charge is 0.410 e. The molecule has 1 aliphatic rings. The number of hydrogen-bond acceptors (Lipinski definition) is 10. The van der Waals surface area contributed by atoms with Crippen molar-refractivity contribution in [2.45, 2.75) is 37.1 Å². The maximum Gasteiger partial charge on any atom is 0.410 e. The first-order valence-electron chi connectivity index (χ1n) is 11.2. The summed E-state index contributed by atoms with van der Waals surface area (Å²) in [5.41, 5.74) is 1.47. The topological polar surface area (TPSA) is 135 Å². The first kappa shape index (κ1) is 24.6. The number of nitrogens with zero attached hydrogens (tertiary/aromatic N) is 3. The van der Waals surface area contributed by atoms with Crippen molar-refractivity contribution in [3.8, 4) is 10.4 Å². The summed E-state index contributed by atoms with van der Waals surface area (Å²) in [7, 11) is -1.86. The third kappa shape index (κ3) is 6.55. The summed E-state index contributed by atoms with van der Waals surface area (Å²) in [6.07, 6.45) is 3.47. The first-order chi connectivity index (χ1) is 17.0. The maximum absolute atomic E-state index is 12.5. The average Bonchev–Trinajstić information content (AvgIpc) is 3.31. The van der Waals surface area contributed by atoms with Crippen LogP contribution in [-0.2, 0) is 24.3 Å².